The van der Waals surface area contributed by atoms with E-state index in [1.54, 1.807) is 0 Å². The Bertz CT molecular complexity index is 314. The van der Waals surface area contributed by atoms with E-state index in [2.05, 4.69) is 0 Å². The Balaban J connectivity index is 2.29. The van der Waals surface area contributed by atoms with Gasteiger partial charge in [0, 0.05) is 6.54 Å². The first-order valence-electron chi connectivity index (χ1n) is 4.34. The average molecular weight is 179 g/mol. The van der Waals surface area contributed by atoms with E-state index < -0.39 is 0 Å². The molecule has 1 aliphatic rings. The zero-order valence-electron chi connectivity index (χ0n) is 7.62. The summed E-state index contributed by atoms with van der Waals surface area (Å²) in [6.45, 7) is 2.92. The lowest BCUT2D eigenvalue weighted by Gasteiger charge is -2.34. The molecule has 2 N–H and O–H groups in total. The largest absolute Gasteiger partial charge is 0.485 e. The molecule has 0 bridgehead atoms. The molecule has 0 saturated heterocycles. The lowest BCUT2D eigenvalue weighted by molar-refractivity contribution is 0.0134. The van der Waals surface area contributed by atoms with E-state index in [1.165, 1.54) is 0 Å². The van der Waals surface area contributed by atoms with Crippen molar-refractivity contribution in [2.75, 3.05) is 13.2 Å². The van der Waals surface area contributed by atoms with Crippen LogP contribution in [0.1, 0.15) is 6.92 Å². The molecule has 1 heterocycles. The fraction of sp³-hybridized carbons (Fsp3) is 0.400. The SMILES string of the molecule is CC1(CN)COc2ccccc2O1. The van der Waals surface area contributed by atoms with Crippen LogP contribution in [-0.2, 0) is 0 Å². The van der Waals surface area contributed by atoms with Crippen LogP contribution in [0.5, 0.6) is 11.5 Å². The molecular formula is C10H13NO2. The summed E-state index contributed by atoms with van der Waals surface area (Å²) >= 11 is 0. The van der Waals surface area contributed by atoms with E-state index in [1.807, 2.05) is 31.2 Å². The first-order valence-corrected chi connectivity index (χ1v) is 4.34. The van der Waals surface area contributed by atoms with Gasteiger partial charge in [-0.15, -0.1) is 0 Å². The number of benzene rings is 1. The lowest BCUT2D eigenvalue weighted by Crippen LogP contribution is -2.48. The summed E-state index contributed by atoms with van der Waals surface area (Å²) in [5, 5.41) is 0. The van der Waals surface area contributed by atoms with Gasteiger partial charge >= 0.3 is 0 Å². The number of hydrogen-bond donors (Lipinski definition) is 1. The Kier molecular flexibility index (Phi) is 1.88. The van der Waals surface area contributed by atoms with E-state index in [9.17, 15) is 0 Å². The fourth-order valence-electron chi connectivity index (χ4n) is 1.28. The van der Waals surface area contributed by atoms with Gasteiger partial charge in [0.25, 0.3) is 0 Å². The molecule has 1 aromatic rings. The molecule has 3 nitrogen and oxygen atoms in total. The number of ether oxygens (including phenoxy) is 2. The van der Waals surface area contributed by atoms with Crippen LogP contribution in [0.2, 0.25) is 0 Å². The molecule has 13 heavy (non-hydrogen) atoms. The van der Waals surface area contributed by atoms with Gasteiger partial charge in [-0.2, -0.15) is 0 Å². The third-order valence-electron chi connectivity index (χ3n) is 2.17. The third-order valence-corrected chi connectivity index (χ3v) is 2.17. The van der Waals surface area contributed by atoms with Crippen molar-refractivity contribution in [2.45, 2.75) is 12.5 Å². The van der Waals surface area contributed by atoms with E-state index in [-0.39, 0.29) is 5.60 Å². The topological polar surface area (TPSA) is 44.5 Å². The van der Waals surface area contributed by atoms with Crippen LogP contribution in [0.3, 0.4) is 0 Å². The molecule has 0 amide bonds. The summed E-state index contributed by atoms with van der Waals surface area (Å²) < 4.78 is 11.2. The molecule has 0 radical (unpaired) electrons. The Morgan fingerprint density at radius 3 is 2.77 bits per heavy atom. The van der Waals surface area contributed by atoms with Crippen LogP contribution in [0.25, 0.3) is 0 Å². The van der Waals surface area contributed by atoms with Crippen molar-refractivity contribution < 1.29 is 9.47 Å². The number of hydrogen-bond acceptors (Lipinski definition) is 3. The molecule has 0 saturated carbocycles. The number of nitrogens with two attached hydrogens (primary N) is 1. The number of fused-ring (bicyclic) bond motifs is 1. The Hall–Kier alpha value is -1.22. The summed E-state index contributed by atoms with van der Waals surface area (Å²) in [4.78, 5) is 0. The van der Waals surface area contributed by atoms with Crippen molar-refractivity contribution in [2.24, 2.45) is 5.73 Å². The first-order chi connectivity index (χ1) is 6.23. The van der Waals surface area contributed by atoms with Crippen molar-refractivity contribution in [1.82, 2.24) is 0 Å². The summed E-state index contributed by atoms with van der Waals surface area (Å²) in [7, 11) is 0. The van der Waals surface area contributed by atoms with E-state index in [0.717, 1.165) is 11.5 Å². The molecule has 3 heteroatoms. The Morgan fingerprint density at radius 2 is 2.08 bits per heavy atom. The maximum atomic E-state index is 5.72. The summed E-state index contributed by atoms with van der Waals surface area (Å²) in [6.07, 6.45) is 0. The minimum atomic E-state index is -0.381. The van der Waals surface area contributed by atoms with Crippen LogP contribution in [-0.4, -0.2) is 18.8 Å². The maximum Gasteiger partial charge on any atom is 0.162 e. The molecule has 1 atom stereocenters. The molecule has 0 aliphatic carbocycles. The minimum absolute atomic E-state index is 0.381. The zero-order valence-corrected chi connectivity index (χ0v) is 7.62. The van der Waals surface area contributed by atoms with E-state index in [0.29, 0.717) is 13.2 Å². The lowest BCUT2D eigenvalue weighted by atomic mass is 10.1. The smallest absolute Gasteiger partial charge is 0.162 e. The quantitative estimate of drug-likeness (QED) is 0.704. The highest BCUT2D eigenvalue weighted by molar-refractivity contribution is 5.41. The van der Waals surface area contributed by atoms with Crippen molar-refractivity contribution in [3.8, 4) is 11.5 Å². The fourth-order valence-corrected chi connectivity index (χ4v) is 1.28. The predicted octanol–water partition coefficient (Wildman–Crippen LogP) is 1.18. The first kappa shape index (κ1) is 8.38. The van der Waals surface area contributed by atoms with Crippen LogP contribution in [0, 0.1) is 0 Å². The maximum absolute atomic E-state index is 5.72. The Morgan fingerprint density at radius 1 is 1.38 bits per heavy atom. The molecule has 0 spiro atoms. The van der Waals surface area contributed by atoms with Gasteiger partial charge in [0.1, 0.15) is 6.61 Å². The molecule has 1 aliphatic heterocycles. The highest BCUT2D eigenvalue weighted by Gasteiger charge is 2.31. The third kappa shape index (κ3) is 1.47. The Labute approximate surface area is 77.5 Å². The second-order valence-electron chi connectivity index (χ2n) is 3.49. The molecule has 1 aromatic carbocycles. The van der Waals surface area contributed by atoms with Crippen LogP contribution < -0.4 is 15.2 Å². The normalized spacial score (nSPS) is 25.7. The molecule has 1 unspecified atom stereocenters. The molecule has 0 fully saturated rings. The highest BCUT2D eigenvalue weighted by atomic mass is 16.6. The standard InChI is InChI=1S/C10H13NO2/c1-10(6-11)7-12-8-4-2-3-5-9(8)13-10/h2-5H,6-7,11H2,1H3. The second kappa shape index (κ2) is 2.92. The van der Waals surface area contributed by atoms with Gasteiger partial charge in [0.05, 0.1) is 0 Å². The molecule has 70 valence electrons. The molecule has 0 aromatic heterocycles. The van der Waals surface area contributed by atoms with Gasteiger partial charge in [0.15, 0.2) is 17.1 Å². The van der Waals surface area contributed by atoms with Gasteiger partial charge < -0.3 is 15.2 Å². The van der Waals surface area contributed by atoms with Gasteiger partial charge in [0.2, 0.25) is 0 Å². The zero-order chi connectivity index (χ0) is 9.31. The number of para-hydroxylation sites is 2. The van der Waals surface area contributed by atoms with Crippen LogP contribution >= 0.6 is 0 Å². The van der Waals surface area contributed by atoms with Gasteiger partial charge in [-0.25, -0.2) is 0 Å². The van der Waals surface area contributed by atoms with Crippen molar-refractivity contribution in [1.29, 1.82) is 0 Å². The predicted molar refractivity (Wildman–Crippen MR) is 50.0 cm³/mol. The van der Waals surface area contributed by atoms with Gasteiger partial charge in [-0.3, -0.25) is 0 Å². The van der Waals surface area contributed by atoms with E-state index in [4.69, 9.17) is 15.2 Å². The molecular weight excluding hydrogens is 166 g/mol. The van der Waals surface area contributed by atoms with Crippen LogP contribution in [0.4, 0.5) is 0 Å². The minimum Gasteiger partial charge on any atom is -0.485 e. The summed E-state index contributed by atoms with van der Waals surface area (Å²) in [5.74, 6) is 1.58. The van der Waals surface area contributed by atoms with Crippen molar-refractivity contribution in [3.05, 3.63) is 24.3 Å². The second-order valence-corrected chi connectivity index (χ2v) is 3.49. The monoisotopic (exact) mass is 179 g/mol. The average Bonchev–Trinajstić information content (AvgIpc) is 2.18. The molecule has 2 rings (SSSR count). The van der Waals surface area contributed by atoms with Gasteiger partial charge in [-0.05, 0) is 19.1 Å². The number of rotatable bonds is 1. The summed E-state index contributed by atoms with van der Waals surface area (Å²) in [6, 6.07) is 7.63. The summed E-state index contributed by atoms with van der Waals surface area (Å²) in [5.41, 5.74) is 5.21. The van der Waals surface area contributed by atoms with Crippen LogP contribution in [0.15, 0.2) is 24.3 Å². The van der Waals surface area contributed by atoms with Gasteiger partial charge in [-0.1, -0.05) is 12.1 Å². The van der Waals surface area contributed by atoms with Crippen molar-refractivity contribution >= 4 is 0 Å². The van der Waals surface area contributed by atoms with E-state index >= 15 is 0 Å². The highest BCUT2D eigenvalue weighted by Crippen LogP contribution is 2.34. The van der Waals surface area contributed by atoms with Crippen molar-refractivity contribution in [3.63, 3.8) is 0 Å².